The molecule has 2 N–H and O–H groups in total. The number of fused-ring (bicyclic) bond motifs is 1. The number of nitrogens with one attached hydrogen (secondary N) is 2. The van der Waals surface area contributed by atoms with Crippen molar-refractivity contribution in [2.45, 2.75) is 13.0 Å². The number of imidazole rings is 1. The summed E-state index contributed by atoms with van der Waals surface area (Å²) in [4.78, 5) is 29.9. The van der Waals surface area contributed by atoms with Gasteiger partial charge in [-0.3, -0.25) is 19.1 Å². The van der Waals surface area contributed by atoms with Crippen molar-refractivity contribution in [2.24, 2.45) is 0 Å². The number of thiazole rings is 1. The van der Waals surface area contributed by atoms with Gasteiger partial charge in [0.2, 0.25) is 0 Å². The molecule has 25 heavy (non-hydrogen) atoms. The monoisotopic (exact) mass is 353 g/mol. The minimum atomic E-state index is -0.351. The highest BCUT2D eigenvalue weighted by molar-refractivity contribution is 7.15. The van der Waals surface area contributed by atoms with Crippen molar-refractivity contribution in [3.63, 3.8) is 0 Å². The molecule has 0 saturated carbocycles. The fourth-order valence-electron chi connectivity index (χ4n) is 2.58. The molecule has 0 aliphatic carbocycles. The Labute approximate surface area is 146 Å². The van der Waals surface area contributed by atoms with Gasteiger partial charge in [-0.1, -0.05) is 18.2 Å². The molecule has 0 unspecified atom stereocenters. The van der Waals surface area contributed by atoms with E-state index in [0.717, 1.165) is 10.7 Å². The average molecular weight is 353 g/mol. The summed E-state index contributed by atoms with van der Waals surface area (Å²) in [6, 6.07) is 10.1. The second-order valence-electron chi connectivity index (χ2n) is 5.63. The molecule has 3 heterocycles. The highest BCUT2D eigenvalue weighted by Gasteiger charge is 2.17. The van der Waals surface area contributed by atoms with Gasteiger partial charge in [-0.2, -0.15) is 0 Å². The molecule has 0 aliphatic rings. The number of aromatic amines is 1. The Kier molecular flexibility index (Phi) is 3.73. The molecule has 0 bridgehead atoms. The van der Waals surface area contributed by atoms with Gasteiger partial charge in [-0.15, -0.1) is 11.3 Å². The molecule has 4 rings (SSSR count). The van der Waals surface area contributed by atoms with E-state index in [1.807, 2.05) is 47.3 Å². The molecule has 7 nitrogen and oxygen atoms in total. The van der Waals surface area contributed by atoms with E-state index in [-0.39, 0.29) is 23.2 Å². The molecule has 0 fully saturated rings. The van der Waals surface area contributed by atoms with E-state index in [1.54, 1.807) is 12.1 Å². The zero-order chi connectivity index (χ0) is 17.4. The standard InChI is InChI=1S/C17H15N5O2S/c1-11(14-10-21-7-8-25-17(21)19-14)18-16(24)13-9-15(23)22(20-13)12-5-3-2-4-6-12/h2-11,20H,1H3,(H,18,24)/t11-/m0/s1. The van der Waals surface area contributed by atoms with Crippen molar-refractivity contribution in [2.75, 3.05) is 0 Å². The normalized spacial score (nSPS) is 12.4. The minimum Gasteiger partial charge on any atom is -0.343 e. The summed E-state index contributed by atoms with van der Waals surface area (Å²) >= 11 is 1.53. The van der Waals surface area contributed by atoms with Gasteiger partial charge in [0.25, 0.3) is 11.5 Å². The molecule has 0 spiro atoms. The summed E-state index contributed by atoms with van der Waals surface area (Å²) in [5, 5.41) is 7.66. The van der Waals surface area contributed by atoms with Crippen LogP contribution in [0.3, 0.4) is 0 Å². The van der Waals surface area contributed by atoms with Crippen LogP contribution in [0, 0.1) is 0 Å². The number of carbonyl (C=O) groups excluding carboxylic acids is 1. The number of para-hydroxylation sites is 1. The van der Waals surface area contributed by atoms with Gasteiger partial charge in [-0.05, 0) is 19.1 Å². The first kappa shape index (κ1) is 15.4. The van der Waals surface area contributed by atoms with E-state index in [4.69, 9.17) is 0 Å². The third-order valence-corrected chi connectivity index (χ3v) is 4.65. The second kappa shape index (κ2) is 6.06. The summed E-state index contributed by atoms with van der Waals surface area (Å²) < 4.78 is 3.25. The maximum absolute atomic E-state index is 12.5. The van der Waals surface area contributed by atoms with Crippen LogP contribution in [0.15, 0.2) is 59.0 Å². The van der Waals surface area contributed by atoms with Crippen LogP contribution in [0.25, 0.3) is 10.6 Å². The van der Waals surface area contributed by atoms with E-state index in [2.05, 4.69) is 15.4 Å². The number of carbonyl (C=O) groups is 1. The molecule has 126 valence electrons. The predicted octanol–water partition coefficient (Wildman–Crippen LogP) is 2.37. The van der Waals surface area contributed by atoms with Crippen LogP contribution in [0.4, 0.5) is 0 Å². The summed E-state index contributed by atoms with van der Waals surface area (Å²) in [5.74, 6) is -0.351. The number of hydrogen-bond acceptors (Lipinski definition) is 4. The van der Waals surface area contributed by atoms with E-state index in [9.17, 15) is 9.59 Å². The lowest BCUT2D eigenvalue weighted by Crippen LogP contribution is -2.27. The highest BCUT2D eigenvalue weighted by Crippen LogP contribution is 2.17. The van der Waals surface area contributed by atoms with Gasteiger partial charge in [0, 0.05) is 23.8 Å². The lowest BCUT2D eigenvalue weighted by molar-refractivity contribution is 0.0933. The second-order valence-corrected chi connectivity index (χ2v) is 6.51. The first-order valence-electron chi connectivity index (χ1n) is 7.72. The maximum Gasteiger partial charge on any atom is 0.271 e. The summed E-state index contributed by atoms with van der Waals surface area (Å²) in [6.45, 7) is 1.86. The predicted molar refractivity (Wildman–Crippen MR) is 95.3 cm³/mol. The molecule has 4 aromatic rings. The van der Waals surface area contributed by atoms with Crippen molar-refractivity contribution < 1.29 is 4.79 Å². The maximum atomic E-state index is 12.5. The molecule has 3 aromatic heterocycles. The quantitative estimate of drug-likeness (QED) is 0.591. The lowest BCUT2D eigenvalue weighted by Gasteiger charge is -2.10. The molecule has 1 aromatic carbocycles. The molecule has 0 saturated heterocycles. The fraction of sp³-hybridized carbons (Fsp3) is 0.118. The van der Waals surface area contributed by atoms with Crippen molar-refractivity contribution in [1.82, 2.24) is 24.5 Å². The number of aromatic nitrogens is 4. The average Bonchev–Trinajstić information content (AvgIpc) is 3.29. The SMILES string of the molecule is C[C@H](NC(=O)c1cc(=O)n(-c2ccccc2)[nH]1)c1cn2ccsc2n1. The van der Waals surface area contributed by atoms with Crippen molar-refractivity contribution >= 4 is 22.2 Å². The summed E-state index contributed by atoms with van der Waals surface area (Å²) in [6.07, 6.45) is 3.80. The van der Waals surface area contributed by atoms with Crippen LogP contribution >= 0.6 is 11.3 Å². The Morgan fingerprint density at radius 3 is 2.88 bits per heavy atom. The summed E-state index contributed by atoms with van der Waals surface area (Å²) in [5.41, 5.74) is 1.37. The summed E-state index contributed by atoms with van der Waals surface area (Å²) in [7, 11) is 0. The van der Waals surface area contributed by atoms with Crippen LogP contribution in [0.1, 0.15) is 29.1 Å². The van der Waals surface area contributed by atoms with Gasteiger partial charge >= 0.3 is 0 Å². The first-order valence-corrected chi connectivity index (χ1v) is 8.60. The van der Waals surface area contributed by atoms with E-state index in [0.29, 0.717) is 5.69 Å². The van der Waals surface area contributed by atoms with E-state index < -0.39 is 0 Å². The van der Waals surface area contributed by atoms with Crippen LogP contribution in [0.2, 0.25) is 0 Å². The van der Waals surface area contributed by atoms with Crippen LogP contribution in [-0.2, 0) is 0 Å². The molecule has 8 heteroatoms. The smallest absolute Gasteiger partial charge is 0.271 e. The zero-order valence-corrected chi connectivity index (χ0v) is 14.2. The Balaban J connectivity index is 1.55. The van der Waals surface area contributed by atoms with Crippen LogP contribution in [0.5, 0.6) is 0 Å². The zero-order valence-electron chi connectivity index (χ0n) is 13.3. The Morgan fingerprint density at radius 2 is 2.12 bits per heavy atom. The van der Waals surface area contributed by atoms with Gasteiger partial charge in [-0.25, -0.2) is 9.67 Å². The lowest BCUT2D eigenvalue weighted by atomic mass is 10.2. The first-order chi connectivity index (χ1) is 12.1. The molecular weight excluding hydrogens is 338 g/mol. The fourth-order valence-corrected chi connectivity index (χ4v) is 3.29. The van der Waals surface area contributed by atoms with E-state index in [1.165, 1.54) is 22.1 Å². The Bertz CT molecular complexity index is 1060. The number of nitrogens with zero attached hydrogens (tertiary/aromatic N) is 3. The van der Waals surface area contributed by atoms with E-state index >= 15 is 0 Å². The molecule has 0 radical (unpaired) electrons. The number of hydrogen-bond donors (Lipinski definition) is 2. The van der Waals surface area contributed by atoms with Gasteiger partial charge in [0.15, 0.2) is 4.96 Å². The molecular formula is C17H15N5O2S. The van der Waals surface area contributed by atoms with Crippen molar-refractivity contribution in [1.29, 1.82) is 0 Å². The number of H-pyrrole nitrogens is 1. The number of amides is 1. The number of rotatable bonds is 4. The Hall–Kier alpha value is -3.13. The van der Waals surface area contributed by atoms with Crippen molar-refractivity contribution in [3.8, 4) is 5.69 Å². The Morgan fingerprint density at radius 1 is 1.32 bits per heavy atom. The highest BCUT2D eigenvalue weighted by atomic mass is 32.1. The molecule has 1 atom stereocenters. The molecule has 1 amide bonds. The van der Waals surface area contributed by atoms with Gasteiger partial charge in [0.1, 0.15) is 5.69 Å². The largest absolute Gasteiger partial charge is 0.343 e. The van der Waals surface area contributed by atoms with Gasteiger partial charge < -0.3 is 5.32 Å². The van der Waals surface area contributed by atoms with Crippen LogP contribution in [-0.4, -0.2) is 25.1 Å². The van der Waals surface area contributed by atoms with Crippen molar-refractivity contribution in [3.05, 3.63) is 75.9 Å². The molecule has 0 aliphatic heterocycles. The third-order valence-electron chi connectivity index (χ3n) is 3.88. The van der Waals surface area contributed by atoms with Gasteiger partial charge in [0.05, 0.1) is 17.4 Å². The topological polar surface area (TPSA) is 84.2 Å². The third kappa shape index (κ3) is 2.87. The number of benzene rings is 1. The van der Waals surface area contributed by atoms with Crippen LogP contribution < -0.4 is 10.9 Å². The minimum absolute atomic E-state index is 0.210.